The molecule has 1 aromatic carbocycles. The van der Waals surface area contributed by atoms with E-state index in [0.29, 0.717) is 12.1 Å². The lowest BCUT2D eigenvalue weighted by Gasteiger charge is -2.35. The van der Waals surface area contributed by atoms with E-state index < -0.39 is 10.0 Å². The first-order chi connectivity index (χ1) is 12.3. The lowest BCUT2D eigenvalue weighted by atomic mass is 10.0. The Hall–Kier alpha value is -1.70. The van der Waals surface area contributed by atoms with E-state index in [9.17, 15) is 13.2 Å². The van der Waals surface area contributed by atoms with E-state index >= 15 is 0 Å². The highest BCUT2D eigenvalue weighted by Gasteiger charge is 2.27. The number of hydrogen-bond acceptors (Lipinski definition) is 5. The van der Waals surface area contributed by atoms with E-state index in [1.54, 1.807) is 13.1 Å². The Kier molecular flexibility index (Phi) is 5.50. The minimum absolute atomic E-state index is 0.0472. The molecule has 26 heavy (non-hydrogen) atoms. The lowest BCUT2D eigenvalue weighted by molar-refractivity contribution is 0.164. The lowest BCUT2D eigenvalue weighted by Crippen LogP contribution is -2.45. The van der Waals surface area contributed by atoms with Crippen molar-refractivity contribution < 1.29 is 12.8 Å². The molecule has 3 rings (SSSR count). The molecule has 0 spiro atoms. The van der Waals surface area contributed by atoms with Crippen LogP contribution in [0.15, 0.2) is 33.5 Å². The molecule has 1 aliphatic rings. The molecule has 1 fully saturated rings. The van der Waals surface area contributed by atoms with E-state index in [-0.39, 0.29) is 11.7 Å². The zero-order valence-electron chi connectivity index (χ0n) is 15.6. The van der Waals surface area contributed by atoms with Gasteiger partial charge in [-0.1, -0.05) is 19.1 Å². The summed E-state index contributed by atoms with van der Waals surface area (Å²) in [5, 5.41) is 0.970. The molecule has 0 aliphatic carbocycles. The molecular formula is C19H26N2O4S. The van der Waals surface area contributed by atoms with E-state index in [4.69, 9.17) is 4.42 Å². The van der Waals surface area contributed by atoms with Crippen molar-refractivity contribution >= 4 is 21.0 Å². The van der Waals surface area contributed by atoms with E-state index in [0.717, 1.165) is 48.9 Å². The fourth-order valence-corrected chi connectivity index (χ4v) is 4.33. The van der Waals surface area contributed by atoms with Gasteiger partial charge in [-0.05, 0) is 36.5 Å². The molecule has 0 saturated carbocycles. The van der Waals surface area contributed by atoms with Gasteiger partial charge < -0.3 is 4.42 Å². The molecule has 142 valence electrons. The summed E-state index contributed by atoms with van der Waals surface area (Å²) >= 11 is 0. The molecule has 0 N–H and O–H groups in total. The van der Waals surface area contributed by atoms with Gasteiger partial charge in [0.05, 0.1) is 6.26 Å². The van der Waals surface area contributed by atoms with Crippen LogP contribution in [0.3, 0.4) is 0 Å². The Labute approximate surface area is 154 Å². The Balaban J connectivity index is 1.75. The number of sulfonamides is 1. The summed E-state index contributed by atoms with van der Waals surface area (Å²) < 4.78 is 30.3. The highest BCUT2D eigenvalue weighted by Crippen LogP contribution is 2.23. The van der Waals surface area contributed by atoms with Crippen LogP contribution in [-0.2, 0) is 23.0 Å². The normalized spacial score (nSPS) is 17.2. The Morgan fingerprint density at radius 2 is 1.92 bits per heavy atom. The molecule has 0 atom stereocenters. The SMILES string of the molecule is CCc1ccc2c(CN3CCC(N(C)S(C)(=O)=O)CC3)cc(=O)oc2c1. The zero-order valence-corrected chi connectivity index (χ0v) is 16.4. The van der Waals surface area contributed by atoms with Gasteiger partial charge in [0.15, 0.2) is 0 Å². The third-order valence-corrected chi connectivity index (χ3v) is 6.64. The summed E-state index contributed by atoms with van der Waals surface area (Å²) in [7, 11) is -1.51. The van der Waals surface area contributed by atoms with Gasteiger partial charge in [0.1, 0.15) is 5.58 Å². The molecule has 6 nitrogen and oxygen atoms in total. The molecule has 0 radical (unpaired) electrons. The molecule has 7 heteroatoms. The molecule has 1 saturated heterocycles. The second-order valence-electron chi connectivity index (χ2n) is 7.06. The molecular weight excluding hydrogens is 352 g/mol. The fraction of sp³-hybridized carbons (Fsp3) is 0.526. The maximum Gasteiger partial charge on any atom is 0.336 e. The Morgan fingerprint density at radius 1 is 1.23 bits per heavy atom. The van der Waals surface area contributed by atoms with Crippen LogP contribution >= 0.6 is 0 Å². The van der Waals surface area contributed by atoms with Crippen LogP contribution in [0.1, 0.15) is 30.9 Å². The number of likely N-dealkylation sites (tertiary alicyclic amines) is 1. The molecule has 0 unspecified atom stereocenters. The van der Waals surface area contributed by atoms with Crippen molar-refractivity contribution in [1.82, 2.24) is 9.21 Å². The third-order valence-electron chi connectivity index (χ3n) is 5.29. The van der Waals surface area contributed by atoms with Gasteiger partial charge in [-0.3, -0.25) is 4.90 Å². The number of piperidine rings is 1. The number of rotatable bonds is 5. The summed E-state index contributed by atoms with van der Waals surface area (Å²) in [6.07, 6.45) is 3.73. The first-order valence-corrected chi connectivity index (χ1v) is 10.8. The minimum atomic E-state index is -3.16. The van der Waals surface area contributed by atoms with Crippen LogP contribution in [0.4, 0.5) is 0 Å². The second-order valence-corrected chi connectivity index (χ2v) is 9.10. The minimum Gasteiger partial charge on any atom is -0.423 e. The average Bonchev–Trinajstić information content (AvgIpc) is 2.60. The monoisotopic (exact) mass is 378 g/mol. The number of aryl methyl sites for hydroxylation is 1. The van der Waals surface area contributed by atoms with Gasteiger partial charge in [0, 0.05) is 44.2 Å². The van der Waals surface area contributed by atoms with Crippen molar-refractivity contribution in [3.05, 3.63) is 45.8 Å². The van der Waals surface area contributed by atoms with E-state index in [1.165, 1.54) is 10.6 Å². The van der Waals surface area contributed by atoms with Crippen molar-refractivity contribution in [2.75, 3.05) is 26.4 Å². The van der Waals surface area contributed by atoms with Gasteiger partial charge in [-0.2, -0.15) is 0 Å². The maximum atomic E-state index is 11.9. The number of hydrogen-bond donors (Lipinski definition) is 0. The highest BCUT2D eigenvalue weighted by atomic mass is 32.2. The Bertz CT molecular complexity index is 944. The predicted octanol–water partition coefficient (Wildman–Crippen LogP) is 2.21. The molecule has 2 aromatic rings. The topological polar surface area (TPSA) is 70.8 Å². The molecule has 0 bridgehead atoms. The average molecular weight is 378 g/mol. The first-order valence-electron chi connectivity index (χ1n) is 8.99. The van der Waals surface area contributed by atoms with Crippen molar-refractivity contribution in [1.29, 1.82) is 0 Å². The first kappa shape index (κ1) is 19.1. The van der Waals surface area contributed by atoms with Crippen molar-refractivity contribution in [2.45, 2.75) is 38.8 Å². The second kappa shape index (κ2) is 7.50. The van der Waals surface area contributed by atoms with Gasteiger partial charge in [0.25, 0.3) is 0 Å². The molecule has 0 amide bonds. The molecule has 2 heterocycles. The van der Waals surface area contributed by atoms with Gasteiger partial charge in [0.2, 0.25) is 10.0 Å². The van der Waals surface area contributed by atoms with Crippen molar-refractivity contribution in [3.8, 4) is 0 Å². The quantitative estimate of drug-likeness (QED) is 0.746. The number of benzene rings is 1. The molecule has 1 aromatic heterocycles. The van der Waals surface area contributed by atoms with Gasteiger partial charge in [-0.15, -0.1) is 0 Å². The van der Waals surface area contributed by atoms with Crippen LogP contribution in [0.25, 0.3) is 11.0 Å². The van der Waals surface area contributed by atoms with E-state index in [1.807, 2.05) is 12.1 Å². The number of nitrogens with zero attached hydrogens (tertiary/aromatic N) is 2. The summed E-state index contributed by atoms with van der Waals surface area (Å²) in [5.74, 6) is 0. The summed E-state index contributed by atoms with van der Waals surface area (Å²) in [6, 6.07) is 7.65. The van der Waals surface area contributed by atoms with Crippen LogP contribution in [0.2, 0.25) is 0 Å². The molecule has 1 aliphatic heterocycles. The predicted molar refractivity (Wildman–Crippen MR) is 103 cm³/mol. The smallest absolute Gasteiger partial charge is 0.336 e. The third kappa shape index (κ3) is 4.16. The van der Waals surface area contributed by atoms with Crippen molar-refractivity contribution in [3.63, 3.8) is 0 Å². The van der Waals surface area contributed by atoms with Gasteiger partial charge in [-0.25, -0.2) is 17.5 Å². The van der Waals surface area contributed by atoms with E-state index in [2.05, 4.69) is 17.9 Å². The van der Waals surface area contributed by atoms with Crippen LogP contribution in [0, 0.1) is 0 Å². The van der Waals surface area contributed by atoms with Crippen LogP contribution < -0.4 is 5.63 Å². The van der Waals surface area contributed by atoms with Crippen molar-refractivity contribution in [2.24, 2.45) is 0 Å². The maximum absolute atomic E-state index is 11.9. The Morgan fingerprint density at radius 3 is 2.54 bits per heavy atom. The summed E-state index contributed by atoms with van der Waals surface area (Å²) in [5.41, 5.74) is 2.42. The highest BCUT2D eigenvalue weighted by molar-refractivity contribution is 7.88. The largest absolute Gasteiger partial charge is 0.423 e. The van der Waals surface area contributed by atoms with Crippen LogP contribution in [-0.4, -0.2) is 50.1 Å². The number of fused-ring (bicyclic) bond motifs is 1. The zero-order chi connectivity index (χ0) is 18.9. The summed E-state index contributed by atoms with van der Waals surface area (Å²) in [6.45, 7) is 4.35. The standard InChI is InChI=1S/C19H26N2O4S/c1-4-14-5-6-17-15(12-19(22)25-18(17)11-14)13-21-9-7-16(8-10-21)20(2)26(3,23)24/h5-6,11-12,16H,4,7-10,13H2,1-3H3. The summed E-state index contributed by atoms with van der Waals surface area (Å²) in [4.78, 5) is 14.2. The van der Waals surface area contributed by atoms with Gasteiger partial charge >= 0.3 is 5.63 Å². The fourth-order valence-electron chi connectivity index (χ4n) is 3.58. The van der Waals surface area contributed by atoms with Crippen LogP contribution in [0.5, 0.6) is 0 Å².